The highest BCUT2D eigenvalue weighted by atomic mass is 79.9. The molecule has 14 heavy (non-hydrogen) atoms. The van der Waals surface area contributed by atoms with Crippen molar-refractivity contribution in [3.05, 3.63) is 32.2 Å². The van der Waals surface area contributed by atoms with Gasteiger partial charge in [0.1, 0.15) is 0 Å². The molecule has 0 aliphatic rings. The van der Waals surface area contributed by atoms with E-state index in [1.807, 2.05) is 0 Å². The van der Waals surface area contributed by atoms with Crippen molar-refractivity contribution in [3.8, 4) is 0 Å². The number of halogens is 1. The van der Waals surface area contributed by atoms with Crippen LogP contribution in [0.3, 0.4) is 0 Å². The highest BCUT2D eigenvalue weighted by Gasteiger charge is 2.12. The molecule has 0 radical (unpaired) electrons. The minimum atomic E-state index is -0.429. The molecule has 1 N–H and O–H groups in total. The minimum Gasteiger partial charge on any atom is -0.462 e. The van der Waals surface area contributed by atoms with Crippen LogP contribution in [0.2, 0.25) is 0 Å². The number of carbonyl (C=O) groups is 1. The van der Waals surface area contributed by atoms with Crippen LogP contribution in [-0.2, 0) is 4.74 Å². The van der Waals surface area contributed by atoms with Gasteiger partial charge in [0.2, 0.25) is 0 Å². The average molecular weight is 260 g/mol. The van der Waals surface area contributed by atoms with Gasteiger partial charge in [-0.25, -0.2) is 4.79 Å². The number of rotatable bonds is 2. The summed E-state index contributed by atoms with van der Waals surface area (Å²) in [6.45, 7) is 3.70. The molecular formula is C9H10BrNO3. The van der Waals surface area contributed by atoms with Crippen molar-refractivity contribution in [1.29, 1.82) is 0 Å². The van der Waals surface area contributed by atoms with Gasteiger partial charge in [0, 0.05) is 5.69 Å². The maximum atomic E-state index is 11.4. The van der Waals surface area contributed by atoms with Gasteiger partial charge >= 0.3 is 5.97 Å². The van der Waals surface area contributed by atoms with E-state index in [2.05, 4.69) is 20.9 Å². The predicted molar refractivity (Wildman–Crippen MR) is 55.5 cm³/mol. The Morgan fingerprint density at radius 1 is 1.64 bits per heavy atom. The van der Waals surface area contributed by atoms with Crippen LogP contribution < -0.4 is 5.56 Å². The van der Waals surface area contributed by atoms with Crippen LogP contribution in [0.15, 0.2) is 15.3 Å². The maximum absolute atomic E-state index is 11.4. The molecule has 0 aromatic carbocycles. The van der Waals surface area contributed by atoms with E-state index in [9.17, 15) is 9.59 Å². The predicted octanol–water partition coefficient (Wildman–Crippen LogP) is 1.62. The molecule has 1 aromatic rings. The SMILES string of the molecule is CCOC(=O)c1cc(Br)c(=O)[nH]c1C. The fourth-order valence-electron chi connectivity index (χ4n) is 1.02. The fourth-order valence-corrected chi connectivity index (χ4v) is 1.35. The molecule has 1 rings (SSSR count). The lowest BCUT2D eigenvalue weighted by atomic mass is 10.2. The molecule has 0 bridgehead atoms. The van der Waals surface area contributed by atoms with Crippen molar-refractivity contribution in [1.82, 2.24) is 4.98 Å². The average Bonchev–Trinajstić information content (AvgIpc) is 2.11. The number of pyridine rings is 1. The van der Waals surface area contributed by atoms with E-state index in [0.29, 0.717) is 22.3 Å². The second-order valence-corrected chi connectivity index (χ2v) is 3.56. The molecular weight excluding hydrogens is 250 g/mol. The summed E-state index contributed by atoms with van der Waals surface area (Å²) in [5.74, 6) is -0.429. The third-order valence-electron chi connectivity index (χ3n) is 1.69. The zero-order chi connectivity index (χ0) is 10.7. The van der Waals surface area contributed by atoms with Gasteiger partial charge in [0.15, 0.2) is 0 Å². The summed E-state index contributed by atoms with van der Waals surface area (Å²) in [4.78, 5) is 25.0. The minimum absolute atomic E-state index is 0.254. The van der Waals surface area contributed by atoms with Gasteiger partial charge in [-0.15, -0.1) is 0 Å². The summed E-state index contributed by atoms with van der Waals surface area (Å²) in [5.41, 5.74) is 0.630. The summed E-state index contributed by atoms with van der Waals surface area (Å²) in [7, 11) is 0. The van der Waals surface area contributed by atoms with Gasteiger partial charge in [-0.3, -0.25) is 4.79 Å². The Labute approximate surface area is 89.4 Å². The molecule has 4 nitrogen and oxygen atoms in total. The maximum Gasteiger partial charge on any atom is 0.339 e. The van der Waals surface area contributed by atoms with Crippen molar-refractivity contribution in [2.45, 2.75) is 13.8 Å². The Morgan fingerprint density at radius 3 is 2.86 bits per heavy atom. The first-order valence-electron chi connectivity index (χ1n) is 4.12. The molecule has 1 heterocycles. The van der Waals surface area contributed by atoms with Crippen molar-refractivity contribution < 1.29 is 9.53 Å². The quantitative estimate of drug-likeness (QED) is 0.822. The summed E-state index contributed by atoms with van der Waals surface area (Å²) < 4.78 is 5.15. The molecule has 5 heteroatoms. The van der Waals surface area contributed by atoms with Gasteiger partial charge in [0.05, 0.1) is 16.6 Å². The third kappa shape index (κ3) is 2.23. The molecule has 0 unspecified atom stereocenters. The number of hydrogen-bond donors (Lipinski definition) is 1. The normalized spacial score (nSPS) is 9.93. The van der Waals surface area contributed by atoms with Crippen LogP contribution in [-0.4, -0.2) is 17.6 Å². The largest absolute Gasteiger partial charge is 0.462 e. The Hall–Kier alpha value is -1.10. The van der Waals surface area contributed by atoms with E-state index in [1.165, 1.54) is 6.07 Å². The van der Waals surface area contributed by atoms with E-state index < -0.39 is 5.97 Å². The number of H-pyrrole nitrogens is 1. The van der Waals surface area contributed by atoms with Gasteiger partial charge < -0.3 is 9.72 Å². The van der Waals surface area contributed by atoms with Gasteiger partial charge in [-0.2, -0.15) is 0 Å². The zero-order valence-corrected chi connectivity index (χ0v) is 9.47. The number of hydrogen-bond acceptors (Lipinski definition) is 3. The van der Waals surface area contributed by atoms with Crippen LogP contribution >= 0.6 is 15.9 Å². The molecule has 0 amide bonds. The topological polar surface area (TPSA) is 59.2 Å². The molecule has 0 saturated carbocycles. The van der Waals surface area contributed by atoms with E-state index in [1.54, 1.807) is 13.8 Å². The monoisotopic (exact) mass is 259 g/mol. The summed E-state index contributed by atoms with van der Waals surface area (Å²) in [6.07, 6.45) is 0. The van der Waals surface area contributed by atoms with Crippen LogP contribution in [0.25, 0.3) is 0 Å². The van der Waals surface area contributed by atoms with Crippen molar-refractivity contribution in [2.75, 3.05) is 6.61 Å². The van der Waals surface area contributed by atoms with Crippen molar-refractivity contribution in [2.24, 2.45) is 0 Å². The van der Waals surface area contributed by atoms with Crippen molar-refractivity contribution in [3.63, 3.8) is 0 Å². The molecule has 0 aliphatic carbocycles. The first-order chi connectivity index (χ1) is 6.56. The second kappa shape index (κ2) is 4.41. The smallest absolute Gasteiger partial charge is 0.339 e. The van der Waals surface area contributed by atoms with E-state index in [-0.39, 0.29) is 5.56 Å². The van der Waals surface area contributed by atoms with E-state index in [0.717, 1.165) is 0 Å². The fraction of sp³-hybridized carbons (Fsp3) is 0.333. The lowest BCUT2D eigenvalue weighted by Crippen LogP contribution is -2.15. The Kier molecular flexibility index (Phi) is 3.46. The highest BCUT2D eigenvalue weighted by molar-refractivity contribution is 9.10. The van der Waals surface area contributed by atoms with E-state index in [4.69, 9.17) is 4.74 Å². The van der Waals surface area contributed by atoms with Crippen molar-refractivity contribution >= 4 is 21.9 Å². The number of carbonyl (C=O) groups excluding carboxylic acids is 1. The Morgan fingerprint density at radius 2 is 2.29 bits per heavy atom. The lowest BCUT2D eigenvalue weighted by molar-refractivity contribution is 0.0525. The molecule has 0 saturated heterocycles. The van der Waals surface area contributed by atoms with Gasteiger partial charge in [-0.1, -0.05) is 0 Å². The van der Waals surface area contributed by atoms with Gasteiger partial charge in [0.25, 0.3) is 5.56 Å². The van der Waals surface area contributed by atoms with Crippen LogP contribution in [0.4, 0.5) is 0 Å². The number of aryl methyl sites for hydroxylation is 1. The summed E-state index contributed by atoms with van der Waals surface area (Å²) >= 11 is 3.05. The standard InChI is InChI=1S/C9H10BrNO3/c1-3-14-9(13)6-4-7(10)8(12)11-5(6)2/h4H,3H2,1-2H3,(H,11,12). The molecule has 76 valence electrons. The highest BCUT2D eigenvalue weighted by Crippen LogP contribution is 2.10. The van der Waals surface area contributed by atoms with Crippen LogP contribution in [0.1, 0.15) is 23.0 Å². The third-order valence-corrected chi connectivity index (χ3v) is 2.28. The van der Waals surface area contributed by atoms with E-state index >= 15 is 0 Å². The van der Waals surface area contributed by atoms with Crippen LogP contribution in [0, 0.1) is 6.92 Å². The number of aromatic amines is 1. The summed E-state index contributed by atoms with van der Waals surface area (Å²) in [5, 5.41) is 0. The first-order valence-corrected chi connectivity index (χ1v) is 4.92. The number of nitrogens with one attached hydrogen (secondary N) is 1. The molecule has 0 atom stereocenters. The first kappa shape index (κ1) is 11.0. The molecule has 0 aliphatic heterocycles. The Bertz CT molecular complexity index is 411. The lowest BCUT2D eigenvalue weighted by Gasteiger charge is -2.04. The number of ether oxygens (including phenoxy) is 1. The summed E-state index contributed by atoms with van der Waals surface area (Å²) in [6, 6.07) is 1.46. The molecule has 0 spiro atoms. The zero-order valence-electron chi connectivity index (χ0n) is 7.89. The second-order valence-electron chi connectivity index (χ2n) is 2.71. The molecule has 1 aromatic heterocycles. The van der Waals surface area contributed by atoms with Crippen LogP contribution in [0.5, 0.6) is 0 Å². The Balaban J connectivity index is 3.16. The van der Waals surface area contributed by atoms with Gasteiger partial charge in [-0.05, 0) is 35.8 Å². The number of esters is 1. The molecule has 0 fully saturated rings. The number of aromatic nitrogens is 1.